The van der Waals surface area contributed by atoms with Crippen molar-refractivity contribution in [1.82, 2.24) is 9.62 Å². The first-order valence-electron chi connectivity index (χ1n) is 8.18. The number of nitrogens with zero attached hydrogens (tertiary/aromatic N) is 1. The molecule has 0 aliphatic heterocycles. The molecular weight excluding hydrogens is 312 g/mol. The molecule has 1 amide bonds. The summed E-state index contributed by atoms with van der Waals surface area (Å²) in [5.41, 5.74) is 0.687. The third-order valence-corrected chi connectivity index (χ3v) is 5.71. The van der Waals surface area contributed by atoms with Crippen molar-refractivity contribution in [3.05, 3.63) is 35.9 Å². The molecule has 1 aliphatic carbocycles. The molecule has 23 heavy (non-hydrogen) atoms. The molecule has 6 heteroatoms. The zero-order valence-electron chi connectivity index (χ0n) is 13.9. The fourth-order valence-electron chi connectivity index (χ4n) is 3.06. The number of hydrogen-bond donors (Lipinski definition) is 1. The molecular formula is C17H26N2O3S. The van der Waals surface area contributed by atoms with Gasteiger partial charge in [0.05, 0.1) is 6.26 Å². The summed E-state index contributed by atoms with van der Waals surface area (Å²) < 4.78 is 25.0. The van der Waals surface area contributed by atoms with Gasteiger partial charge in [0.25, 0.3) is 0 Å². The van der Waals surface area contributed by atoms with Crippen LogP contribution in [0.15, 0.2) is 30.3 Å². The zero-order chi connectivity index (χ0) is 16.9. The van der Waals surface area contributed by atoms with E-state index in [9.17, 15) is 13.2 Å². The summed E-state index contributed by atoms with van der Waals surface area (Å²) in [6.45, 7) is 0. The maximum Gasteiger partial charge on any atom is 0.243 e. The molecule has 1 N–H and O–H groups in total. The van der Waals surface area contributed by atoms with E-state index in [0.29, 0.717) is 5.56 Å². The molecule has 1 aromatic rings. The predicted molar refractivity (Wildman–Crippen MR) is 91.4 cm³/mol. The van der Waals surface area contributed by atoms with Gasteiger partial charge in [0, 0.05) is 13.1 Å². The summed E-state index contributed by atoms with van der Waals surface area (Å²) in [6, 6.07) is 8.38. The van der Waals surface area contributed by atoms with Gasteiger partial charge in [-0.05, 0) is 18.4 Å². The van der Waals surface area contributed by atoms with Crippen molar-refractivity contribution >= 4 is 15.9 Å². The third kappa shape index (κ3) is 5.04. The highest BCUT2D eigenvalue weighted by molar-refractivity contribution is 7.88. The summed E-state index contributed by atoms with van der Waals surface area (Å²) in [5.74, 6) is -0.240. The summed E-state index contributed by atoms with van der Waals surface area (Å²) in [6.07, 6.45) is 7.70. The molecule has 0 spiro atoms. The van der Waals surface area contributed by atoms with E-state index in [2.05, 4.69) is 5.32 Å². The molecule has 5 nitrogen and oxygen atoms in total. The van der Waals surface area contributed by atoms with Gasteiger partial charge in [0.15, 0.2) is 0 Å². The lowest BCUT2D eigenvalue weighted by Crippen LogP contribution is -2.44. The van der Waals surface area contributed by atoms with E-state index in [4.69, 9.17) is 0 Å². The molecule has 0 bridgehead atoms. The quantitative estimate of drug-likeness (QED) is 0.839. The van der Waals surface area contributed by atoms with Crippen LogP contribution >= 0.6 is 0 Å². The Morgan fingerprint density at radius 1 is 1.13 bits per heavy atom. The van der Waals surface area contributed by atoms with E-state index < -0.39 is 16.1 Å². The summed E-state index contributed by atoms with van der Waals surface area (Å²) in [4.78, 5) is 12.8. The first-order chi connectivity index (χ1) is 10.9. The normalized spacial score (nSPS) is 18.4. The zero-order valence-corrected chi connectivity index (χ0v) is 14.7. The van der Waals surface area contributed by atoms with Gasteiger partial charge in [-0.2, -0.15) is 4.31 Å². The van der Waals surface area contributed by atoms with Crippen molar-refractivity contribution in [1.29, 1.82) is 0 Å². The molecule has 1 fully saturated rings. The molecule has 2 rings (SSSR count). The number of rotatable bonds is 5. The lowest BCUT2D eigenvalue weighted by atomic mass is 10.0. The second kappa shape index (κ2) is 7.93. The number of nitrogens with one attached hydrogen (secondary N) is 1. The number of carbonyl (C=O) groups excluding carboxylic acids is 1. The SMILES string of the molecule is CN([C@H](C(=O)NC1CCCCCC1)c1ccccc1)S(C)(=O)=O. The van der Waals surface area contributed by atoms with Crippen LogP contribution in [-0.2, 0) is 14.8 Å². The second-order valence-corrected chi connectivity index (χ2v) is 8.33. The molecule has 0 heterocycles. The smallest absolute Gasteiger partial charge is 0.243 e. The van der Waals surface area contributed by atoms with Crippen LogP contribution in [0, 0.1) is 0 Å². The maximum absolute atomic E-state index is 12.8. The summed E-state index contributed by atoms with van der Waals surface area (Å²) in [5, 5.41) is 3.07. The van der Waals surface area contributed by atoms with Gasteiger partial charge in [-0.15, -0.1) is 0 Å². The number of hydrogen-bond acceptors (Lipinski definition) is 3. The second-order valence-electron chi connectivity index (χ2n) is 6.29. The van der Waals surface area contributed by atoms with E-state index in [-0.39, 0.29) is 11.9 Å². The van der Waals surface area contributed by atoms with Crippen LogP contribution in [0.25, 0.3) is 0 Å². The standard InChI is InChI=1S/C17H26N2O3S/c1-19(23(2,21)22)16(14-10-6-5-7-11-14)17(20)18-15-12-8-3-4-9-13-15/h5-7,10-11,15-16H,3-4,8-9,12-13H2,1-2H3,(H,18,20)/t16-/m0/s1. The highest BCUT2D eigenvalue weighted by Crippen LogP contribution is 2.24. The van der Waals surface area contributed by atoms with Gasteiger partial charge >= 0.3 is 0 Å². The molecule has 1 atom stereocenters. The molecule has 0 aromatic heterocycles. The largest absolute Gasteiger partial charge is 0.352 e. The first-order valence-corrected chi connectivity index (χ1v) is 10.0. The third-order valence-electron chi connectivity index (χ3n) is 4.45. The van der Waals surface area contributed by atoms with Crippen LogP contribution in [0.4, 0.5) is 0 Å². The Bertz CT molecular complexity index is 608. The topological polar surface area (TPSA) is 66.5 Å². The number of carbonyl (C=O) groups is 1. The monoisotopic (exact) mass is 338 g/mol. The van der Waals surface area contributed by atoms with Crippen LogP contribution in [0.5, 0.6) is 0 Å². The Hall–Kier alpha value is -1.40. The van der Waals surface area contributed by atoms with Crippen molar-refractivity contribution in [2.75, 3.05) is 13.3 Å². The maximum atomic E-state index is 12.8. The number of likely N-dealkylation sites (N-methyl/N-ethyl adjacent to an activating group) is 1. The molecule has 1 aromatic carbocycles. The molecule has 1 saturated carbocycles. The minimum Gasteiger partial charge on any atom is -0.352 e. The fraction of sp³-hybridized carbons (Fsp3) is 0.588. The summed E-state index contributed by atoms with van der Waals surface area (Å²) >= 11 is 0. The lowest BCUT2D eigenvalue weighted by Gasteiger charge is -2.27. The van der Waals surface area contributed by atoms with Crippen molar-refractivity contribution < 1.29 is 13.2 Å². The average Bonchev–Trinajstić information content (AvgIpc) is 2.76. The Balaban J connectivity index is 2.20. The van der Waals surface area contributed by atoms with E-state index in [1.807, 2.05) is 18.2 Å². The number of sulfonamides is 1. The van der Waals surface area contributed by atoms with Crippen LogP contribution in [0.1, 0.15) is 50.1 Å². The van der Waals surface area contributed by atoms with E-state index in [1.54, 1.807) is 12.1 Å². The summed E-state index contributed by atoms with van der Waals surface area (Å²) in [7, 11) is -2.01. The van der Waals surface area contributed by atoms with E-state index in [1.165, 1.54) is 19.9 Å². The Morgan fingerprint density at radius 2 is 1.70 bits per heavy atom. The van der Waals surface area contributed by atoms with Gasteiger partial charge in [-0.25, -0.2) is 8.42 Å². The molecule has 1 aliphatic rings. The van der Waals surface area contributed by atoms with Crippen molar-refractivity contribution in [2.24, 2.45) is 0 Å². The number of amides is 1. The number of benzene rings is 1. The van der Waals surface area contributed by atoms with Crippen LogP contribution in [-0.4, -0.2) is 38.0 Å². The van der Waals surface area contributed by atoms with Gasteiger partial charge in [0.2, 0.25) is 15.9 Å². The highest BCUT2D eigenvalue weighted by atomic mass is 32.2. The predicted octanol–water partition coefficient (Wildman–Crippen LogP) is 2.46. The minimum absolute atomic E-state index is 0.143. The highest BCUT2D eigenvalue weighted by Gasteiger charge is 2.31. The van der Waals surface area contributed by atoms with Crippen molar-refractivity contribution in [3.8, 4) is 0 Å². The first kappa shape index (κ1) is 17.9. The molecule has 0 radical (unpaired) electrons. The Morgan fingerprint density at radius 3 is 2.22 bits per heavy atom. The van der Waals surface area contributed by atoms with Crippen molar-refractivity contribution in [3.63, 3.8) is 0 Å². The lowest BCUT2D eigenvalue weighted by molar-refractivity contribution is -0.125. The van der Waals surface area contributed by atoms with Gasteiger partial charge in [-0.1, -0.05) is 56.0 Å². The molecule has 0 saturated heterocycles. The van der Waals surface area contributed by atoms with Crippen LogP contribution in [0.2, 0.25) is 0 Å². The average molecular weight is 338 g/mol. The molecule has 128 valence electrons. The van der Waals surface area contributed by atoms with Gasteiger partial charge in [-0.3, -0.25) is 4.79 Å². The van der Waals surface area contributed by atoms with E-state index >= 15 is 0 Å². The van der Waals surface area contributed by atoms with Crippen molar-refractivity contribution in [2.45, 2.75) is 50.6 Å². The minimum atomic E-state index is -3.47. The Labute approximate surface area is 139 Å². The fourth-order valence-corrected chi connectivity index (χ4v) is 3.66. The van der Waals surface area contributed by atoms with Crippen LogP contribution in [0.3, 0.4) is 0 Å². The van der Waals surface area contributed by atoms with Gasteiger partial charge in [0.1, 0.15) is 6.04 Å². The van der Waals surface area contributed by atoms with Gasteiger partial charge < -0.3 is 5.32 Å². The Kier molecular flexibility index (Phi) is 6.18. The molecule has 0 unspecified atom stereocenters. The van der Waals surface area contributed by atoms with Crippen LogP contribution < -0.4 is 5.32 Å². The van der Waals surface area contributed by atoms with E-state index in [0.717, 1.165) is 36.2 Å².